The SMILES string of the molecule is Cc1cccc(OCc2nnc(SCc3cc(-c4ccccc4)on3)o2)c1. The van der Waals surface area contributed by atoms with Gasteiger partial charge in [-0.25, -0.2) is 0 Å². The Morgan fingerprint density at radius 2 is 1.89 bits per heavy atom. The standard InChI is InChI=1S/C20H17N3O3S/c1-14-6-5-9-17(10-14)24-12-19-21-22-20(25-19)27-13-16-11-18(26-23-16)15-7-3-2-4-8-15/h2-11H,12-13H2,1H3. The van der Waals surface area contributed by atoms with Gasteiger partial charge in [-0.3, -0.25) is 0 Å². The van der Waals surface area contributed by atoms with Crippen LogP contribution >= 0.6 is 11.8 Å². The van der Waals surface area contributed by atoms with Gasteiger partial charge in [-0.2, -0.15) is 0 Å². The number of rotatable bonds is 7. The van der Waals surface area contributed by atoms with E-state index >= 15 is 0 Å². The van der Waals surface area contributed by atoms with Gasteiger partial charge < -0.3 is 13.7 Å². The van der Waals surface area contributed by atoms with Crippen LogP contribution in [0.5, 0.6) is 5.75 Å². The van der Waals surface area contributed by atoms with Gasteiger partial charge in [0.15, 0.2) is 12.4 Å². The lowest BCUT2D eigenvalue weighted by Crippen LogP contribution is -1.95. The van der Waals surface area contributed by atoms with Crippen LogP contribution in [0.1, 0.15) is 17.1 Å². The monoisotopic (exact) mass is 379 g/mol. The van der Waals surface area contributed by atoms with Crippen LogP contribution < -0.4 is 4.74 Å². The van der Waals surface area contributed by atoms with Crippen molar-refractivity contribution in [2.24, 2.45) is 0 Å². The number of hydrogen-bond acceptors (Lipinski definition) is 7. The Balaban J connectivity index is 1.31. The van der Waals surface area contributed by atoms with Crippen molar-refractivity contribution < 1.29 is 13.7 Å². The highest BCUT2D eigenvalue weighted by Crippen LogP contribution is 2.25. The summed E-state index contributed by atoms with van der Waals surface area (Å²) in [6.07, 6.45) is 0. The zero-order valence-corrected chi connectivity index (χ0v) is 15.5. The molecule has 0 N–H and O–H groups in total. The van der Waals surface area contributed by atoms with Crippen LogP contribution in [-0.4, -0.2) is 15.4 Å². The maximum atomic E-state index is 5.67. The molecule has 6 nitrogen and oxygen atoms in total. The number of ether oxygens (including phenoxy) is 1. The molecule has 27 heavy (non-hydrogen) atoms. The summed E-state index contributed by atoms with van der Waals surface area (Å²) < 4.78 is 16.7. The first-order valence-electron chi connectivity index (χ1n) is 8.42. The summed E-state index contributed by atoms with van der Waals surface area (Å²) in [5.41, 5.74) is 2.95. The fourth-order valence-electron chi connectivity index (χ4n) is 2.46. The van der Waals surface area contributed by atoms with E-state index in [1.165, 1.54) is 11.8 Å². The number of hydrogen-bond donors (Lipinski definition) is 0. The second-order valence-electron chi connectivity index (χ2n) is 5.90. The molecule has 0 spiro atoms. The molecule has 2 aromatic carbocycles. The fraction of sp³-hybridized carbons (Fsp3) is 0.150. The van der Waals surface area contributed by atoms with E-state index in [0.717, 1.165) is 28.3 Å². The van der Waals surface area contributed by atoms with Crippen molar-refractivity contribution in [2.45, 2.75) is 24.5 Å². The minimum Gasteiger partial charge on any atom is -0.484 e. The predicted octanol–water partition coefficient (Wildman–Crippen LogP) is 4.90. The number of aryl methyl sites for hydroxylation is 1. The van der Waals surface area contributed by atoms with Crippen molar-refractivity contribution in [2.75, 3.05) is 0 Å². The van der Waals surface area contributed by atoms with Crippen molar-refractivity contribution in [1.82, 2.24) is 15.4 Å². The topological polar surface area (TPSA) is 74.2 Å². The Labute approximate surface area is 160 Å². The maximum Gasteiger partial charge on any atom is 0.277 e. The normalized spacial score (nSPS) is 10.9. The quantitative estimate of drug-likeness (QED) is 0.423. The molecule has 0 aliphatic carbocycles. The predicted molar refractivity (Wildman–Crippen MR) is 101 cm³/mol. The van der Waals surface area contributed by atoms with Gasteiger partial charge in [0.2, 0.25) is 0 Å². The van der Waals surface area contributed by atoms with Crippen molar-refractivity contribution in [3.8, 4) is 17.1 Å². The van der Waals surface area contributed by atoms with E-state index in [9.17, 15) is 0 Å². The molecule has 0 saturated heterocycles. The van der Waals surface area contributed by atoms with Crippen LogP contribution in [0.25, 0.3) is 11.3 Å². The molecule has 0 radical (unpaired) electrons. The minimum absolute atomic E-state index is 0.235. The number of thioether (sulfide) groups is 1. The lowest BCUT2D eigenvalue weighted by molar-refractivity contribution is 0.252. The number of aromatic nitrogens is 3. The largest absolute Gasteiger partial charge is 0.484 e. The summed E-state index contributed by atoms with van der Waals surface area (Å²) in [5.74, 6) is 2.53. The van der Waals surface area contributed by atoms with Crippen LogP contribution in [0, 0.1) is 6.92 Å². The van der Waals surface area contributed by atoms with Gasteiger partial charge in [0.25, 0.3) is 11.1 Å². The van der Waals surface area contributed by atoms with E-state index in [0.29, 0.717) is 16.9 Å². The third-order valence-electron chi connectivity index (χ3n) is 3.76. The zero-order valence-electron chi connectivity index (χ0n) is 14.7. The first kappa shape index (κ1) is 17.4. The summed E-state index contributed by atoms with van der Waals surface area (Å²) >= 11 is 1.41. The molecule has 4 rings (SSSR count). The Hall–Kier alpha value is -3.06. The zero-order chi connectivity index (χ0) is 18.5. The lowest BCUT2D eigenvalue weighted by atomic mass is 10.2. The van der Waals surface area contributed by atoms with Crippen LogP contribution in [0.2, 0.25) is 0 Å². The molecule has 0 aliphatic rings. The van der Waals surface area contributed by atoms with E-state index < -0.39 is 0 Å². The molecule has 4 aromatic rings. The van der Waals surface area contributed by atoms with Gasteiger partial charge in [0.1, 0.15) is 5.75 Å². The average molecular weight is 379 g/mol. The maximum absolute atomic E-state index is 5.67. The van der Waals surface area contributed by atoms with E-state index in [4.69, 9.17) is 13.7 Å². The Morgan fingerprint density at radius 3 is 2.74 bits per heavy atom. The van der Waals surface area contributed by atoms with Crippen molar-refractivity contribution in [3.63, 3.8) is 0 Å². The van der Waals surface area contributed by atoms with Crippen LogP contribution in [0.4, 0.5) is 0 Å². The van der Waals surface area contributed by atoms with E-state index in [2.05, 4.69) is 15.4 Å². The van der Waals surface area contributed by atoms with Gasteiger partial charge in [-0.15, -0.1) is 10.2 Å². The van der Waals surface area contributed by atoms with E-state index in [-0.39, 0.29) is 6.61 Å². The molecule has 0 fully saturated rings. The summed E-state index contributed by atoms with van der Waals surface area (Å²) in [6.45, 7) is 2.25. The smallest absolute Gasteiger partial charge is 0.277 e. The molecule has 0 bridgehead atoms. The molecule has 0 amide bonds. The second kappa shape index (κ2) is 8.09. The number of nitrogens with zero attached hydrogens (tertiary/aromatic N) is 3. The Bertz CT molecular complexity index is 1010. The summed E-state index contributed by atoms with van der Waals surface area (Å²) in [5, 5.41) is 12.6. The van der Waals surface area contributed by atoms with Gasteiger partial charge in [-0.1, -0.05) is 59.4 Å². The van der Waals surface area contributed by atoms with Crippen LogP contribution in [0.15, 0.2) is 74.8 Å². The summed E-state index contributed by atoms with van der Waals surface area (Å²) in [4.78, 5) is 0. The molecular weight excluding hydrogens is 362 g/mol. The molecule has 0 aliphatic heterocycles. The highest BCUT2D eigenvalue weighted by atomic mass is 32.2. The fourth-order valence-corrected chi connectivity index (χ4v) is 3.12. The number of benzene rings is 2. The summed E-state index contributed by atoms with van der Waals surface area (Å²) in [6, 6.07) is 19.6. The molecule has 0 atom stereocenters. The Morgan fingerprint density at radius 1 is 1.00 bits per heavy atom. The first-order valence-corrected chi connectivity index (χ1v) is 9.40. The summed E-state index contributed by atoms with van der Waals surface area (Å²) in [7, 11) is 0. The lowest BCUT2D eigenvalue weighted by Gasteiger charge is -2.03. The highest BCUT2D eigenvalue weighted by molar-refractivity contribution is 7.98. The first-order chi connectivity index (χ1) is 13.3. The molecule has 2 aromatic heterocycles. The third kappa shape index (κ3) is 4.57. The van der Waals surface area contributed by atoms with Gasteiger partial charge >= 0.3 is 0 Å². The third-order valence-corrected chi connectivity index (χ3v) is 4.61. The molecule has 136 valence electrons. The highest BCUT2D eigenvalue weighted by Gasteiger charge is 2.11. The van der Waals surface area contributed by atoms with Crippen molar-refractivity contribution in [1.29, 1.82) is 0 Å². The average Bonchev–Trinajstić information content (AvgIpc) is 3.35. The van der Waals surface area contributed by atoms with E-state index in [1.807, 2.05) is 67.6 Å². The molecule has 7 heteroatoms. The van der Waals surface area contributed by atoms with Gasteiger partial charge in [-0.05, 0) is 24.6 Å². The van der Waals surface area contributed by atoms with Crippen molar-refractivity contribution >= 4 is 11.8 Å². The van der Waals surface area contributed by atoms with Gasteiger partial charge in [0, 0.05) is 17.4 Å². The molecule has 0 saturated carbocycles. The van der Waals surface area contributed by atoms with E-state index in [1.54, 1.807) is 0 Å². The minimum atomic E-state index is 0.235. The van der Waals surface area contributed by atoms with Crippen molar-refractivity contribution in [3.05, 3.63) is 77.8 Å². The second-order valence-corrected chi connectivity index (χ2v) is 6.83. The van der Waals surface area contributed by atoms with Crippen LogP contribution in [0.3, 0.4) is 0 Å². The molecule has 2 heterocycles. The molecule has 0 unspecified atom stereocenters. The van der Waals surface area contributed by atoms with Gasteiger partial charge in [0.05, 0.1) is 5.69 Å². The molecular formula is C20H17N3O3S. The Kier molecular flexibility index (Phi) is 5.20. The van der Waals surface area contributed by atoms with Crippen LogP contribution in [-0.2, 0) is 12.4 Å².